The van der Waals surface area contributed by atoms with Crippen molar-refractivity contribution in [1.29, 1.82) is 0 Å². The Morgan fingerprint density at radius 1 is 1.20 bits per heavy atom. The number of fused-ring (bicyclic) bond motifs is 1. The number of aromatic nitrogens is 3. The van der Waals surface area contributed by atoms with E-state index >= 15 is 0 Å². The fraction of sp³-hybridized carbons (Fsp3) is 0.368. The number of hydrogen-bond acceptors (Lipinski definition) is 4. The van der Waals surface area contributed by atoms with E-state index in [1.165, 1.54) is 0 Å². The molecule has 25 heavy (non-hydrogen) atoms. The van der Waals surface area contributed by atoms with Gasteiger partial charge in [0.2, 0.25) is 0 Å². The zero-order valence-corrected chi connectivity index (χ0v) is 15.8. The standard InChI is InChI=1S/C19H21AsN3O2/c24-12-13-2-1-3-14(10-13)17-11-23-9-8-21-19(23)18(22-17)20-15-4-6-16(25)7-5-15/h1-3,8-11,15-16,24-25H,4-7,12H2. The van der Waals surface area contributed by atoms with Crippen LogP contribution in [0.2, 0.25) is 4.71 Å². The number of aliphatic hydroxyl groups excluding tert-OH is 2. The van der Waals surface area contributed by atoms with Gasteiger partial charge in [0.05, 0.1) is 0 Å². The monoisotopic (exact) mass is 398 g/mol. The third kappa shape index (κ3) is 3.64. The van der Waals surface area contributed by atoms with Gasteiger partial charge in [-0.3, -0.25) is 0 Å². The van der Waals surface area contributed by atoms with Gasteiger partial charge >= 0.3 is 153 Å². The average Bonchev–Trinajstić information content (AvgIpc) is 3.12. The molecule has 1 radical (unpaired) electrons. The van der Waals surface area contributed by atoms with Crippen molar-refractivity contribution < 1.29 is 10.2 Å². The van der Waals surface area contributed by atoms with Crippen LogP contribution in [0.1, 0.15) is 31.2 Å². The van der Waals surface area contributed by atoms with Gasteiger partial charge in [0.25, 0.3) is 0 Å². The van der Waals surface area contributed by atoms with E-state index in [-0.39, 0.29) is 28.5 Å². The minimum atomic E-state index is -0.121. The summed E-state index contributed by atoms with van der Waals surface area (Å²) < 4.78 is 3.80. The molecule has 0 unspecified atom stereocenters. The molecule has 1 aliphatic carbocycles. The van der Waals surface area contributed by atoms with Crippen LogP contribution < -0.4 is 4.48 Å². The first kappa shape index (κ1) is 16.8. The van der Waals surface area contributed by atoms with E-state index in [9.17, 15) is 10.2 Å². The summed E-state index contributed by atoms with van der Waals surface area (Å²) in [7, 11) is 0. The Morgan fingerprint density at radius 2 is 2.04 bits per heavy atom. The second-order valence-electron chi connectivity index (χ2n) is 6.56. The molecule has 0 bridgehead atoms. The van der Waals surface area contributed by atoms with Gasteiger partial charge in [-0.05, 0) is 0 Å². The number of nitrogens with zero attached hydrogens (tertiary/aromatic N) is 3. The number of imidazole rings is 1. The quantitative estimate of drug-likeness (QED) is 0.659. The summed E-state index contributed by atoms with van der Waals surface area (Å²) in [6, 6.07) is 7.89. The normalized spacial score (nSPS) is 21.4. The molecule has 0 saturated heterocycles. The predicted molar refractivity (Wildman–Crippen MR) is 98.0 cm³/mol. The topological polar surface area (TPSA) is 70.7 Å². The van der Waals surface area contributed by atoms with Crippen molar-refractivity contribution in [2.24, 2.45) is 0 Å². The molecule has 0 amide bonds. The van der Waals surface area contributed by atoms with Crippen LogP contribution in [-0.2, 0) is 6.61 Å². The van der Waals surface area contributed by atoms with Crippen LogP contribution >= 0.6 is 0 Å². The second kappa shape index (κ2) is 7.28. The number of benzene rings is 1. The molecule has 1 saturated carbocycles. The van der Waals surface area contributed by atoms with Crippen molar-refractivity contribution in [3.63, 3.8) is 0 Å². The zero-order valence-electron chi connectivity index (χ0n) is 13.9. The number of rotatable bonds is 4. The van der Waals surface area contributed by atoms with E-state index < -0.39 is 0 Å². The van der Waals surface area contributed by atoms with Crippen molar-refractivity contribution in [2.45, 2.75) is 43.1 Å². The predicted octanol–water partition coefficient (Wildman–Crippen LogP) is 1.94. The Balaban J connectivity index is 1.69. The summed E-state index contributed by atoms with van der Waals surface area (Å²) in [6.07, 6.45) is 9.65. The van der Waals surface area contributed by atoms with Crippen LogP contribution in [0.25, 0.3) is 16.9 Å². The van der Waals surface area contributed by atoms with Crippen LogP contribution in [-0.4, -0.2) is 46.4 Å². The number of aliphatic hydroxyl groups is 2. The molecule has 1 fully saturated rings. The van der Waals surface area contributed by atoms with Gasteiger partial charge in [0.15, 0.2) is 0 Å². The van der Waals surface area contributed by atoms with E-state index in [1.807, 2.05) is 42.9 Å². The van der Waals surface area contributed by atoms with Crippen molar-refractivity contribution in [3.05, 3.63) is 48.4 Å². The Kier molecular flexibility index (Phi) is 4.89. The van der Waals surface area contributed by atoms with Crippen LogP contribution in [0.15, 0.2) is 42.9 Å². The fourth-order valence-electron chi connectivity index (χ4n) is 3.33. The first-order chi connectivity index (χ1) is 12.2. The van der Waals surface area contributed by atoms with Crippen molar-refractivity contribution >= 4 is 25.9 Å². The summed E-state index contributed by atoms with van der Waals surface area (Å²) >= 11 is -0.0946. The van der Waals surface area contributed by atoms with Crippen LogP contribution in [0.5, 0.6) is 0 Å². The van der Waals surface area contributed by atoms with E-state index in [0.717, 1.165) is 52.6 Å². The molecule has 1 aromatic carbocycles. The Morgan fingerprint density at radius 3 is 2.84 bits per heavy atom. The summed E-state index contributed by atoms with van der Waals surface area (Å²) in [5, 5.41) is 19.1. The van der Waals surface area contributed by atoms with Crippen LogP contribution in [0.4, 0.5) is 0 Å². The van der Waals surface area contributed by atoms with Crippen molar-refractivity contribution in [3.8, 4) is 11.3 Å². The van der Waals surface area contributed by atoms with E-state index in [2.05, 4.69) is 9.38 Å². The van der Waals surface area contributed by atoms with Crippen molar-refractivity contribution in [1.82, 2.24) is 14.4 Å². The molecule has 2 aromatic heterocycles. The number of hydrogen-bond donors (Lipinski definition) is 2. The molecular weight excluding hydrogens is 377 g/mol. The van der Waals surface area contributed by atoms with Gasteiger partial charge in [0.1, 0.15) is 0 Å². The van der Waals surface area contributed by atoms with Crippen LogP contribution in [0, 0.1) is 0 Å². The molecule has 2 N–H and O–H groups in total. The van der Waals surface area contributed by atoms with Gasteiger partial charge in [-0.1, -0.05) is 0 Å². The van der Waals surface area contributed by atoms with E-state index in [4.69, 9.17) is 4.98 Å². The van der Waals surface area contributed by atoms with Gasteiger partial charge in [-0.15, -0.1) is 0 Å². The van der Waals surface area contributed by atoms with Gasteiger partial charge in [-0.25, -0.2) is 0 Å². The first-order valence-electron chi connectivity index (χ1n) is 8.66. The van der Waals surface area contributed by atoms with Gasteiger partial charge in [0, 0.05) is 0 Å². The molecule has 5 nitrogen and oxygen atoms in total. The molecule has 0 spiro atoms. The fourth-order valence-corrected chi connectivity index (χ4v) is 6.18. The summed E-state index contributed by atoms with van der Waals surface area (Å²) in [6.45, 7) is 0.0321. The average molecular weight is 398 g/mol. The van der Waals surface area contributed by atoms with E-state index in [1.54, 1.807) is 0 Å². The summed E-state index contributed by atoms with van der Waals surface area (Å²) in [5.74, 6) is 0. The van der Waals surface area contributed by atoms with E-state index in [0.29, 0.717) is 4.71 Å². The molecule has 0 atom stereocenters. The summed E-state index contributed by atoms with van der Waals surface area (Å²) in [5.41, 5.74) is 3.78. The maximum absolute atomic E-state index is 9.73. The molecule has 129 valence electrons. The molecule has 1 aliphatic rings. The van der Waals surface area contributed by atoms with Crippen LogP contribution in [0.3, 0.4) is 0 Å². The molecule has 0 aliphatic heterocycles. The Labute approximate surface area is 153 Å². The molecular formula is C19H21AsN3O2. The molecule has 2 heterocycles. The molecule has 3 aromatic rings. The first-order valence-corrected chi connectivity index (χ1v) is 10.7. The molecule has 6 heteroatoms. The summed E-state index contributed by atoms with van der Waals surface area (Å²) in [4.78, 5) is 9.45. The van der Waals surface area contributed by atoms with Gasteiger partial charge < -0.3 is 0 Å². The SMILES string of the molecule is OCc1cccc(-c2cn3ccnc3c([As]C3CCC(O)CC3)n2)c1. The minimum absolute atomic E-state index is 0.0321. The van der Waals surface area contributed by atoms with Gasteiger partial charge in [-0.2, -0.15) is 0 Å². The Hall–Kier alpha value is -1.68. The van der Waals surface area contributed by atoms with Crippen molar-refractivity contribution in [2.75, 3.05) is 0 Å². The third-order valence-corrected chi connectivity index (χ3v) is 7.72. The third-order valence-electron chi connectivity index (χ3n) is 4.73. The maximum atomic E-state index is 9.73. The molecule has 4 rings (SSSR count). The second-order valence-corrected chi connectivity index (χ2v) is 9.52. The Bertz CT molecular complexity index is 872. The zero-order chi connectivity index (χ0) is 17.2.